The van der Waals surface area contributed by atoms with Crippen LogP contribution in [0.1, 0.15) is 62.6 Å². The fourth-order valence-corrected chi connectivity index (χ4v) is 6.40. The van der Waals surface area contributed by atoms with E-state index in [4.69, 9.17) is 27.9 Å². The first-order valence-electron chi connectivity index (χ1n) is 14.5. The summed E-state index contributed by atoms with van der Waals surface area (Å²) in [5.74, 6) is 1.46. The van der Waals surface area contributed by atoms with Crippen molar-refractivity contribution in [2.45, 2.75) is 71.1 Å². The Morgan fingerprint density at radius 3 is 2.30 bits per heavy atom. The van der Waals surface area contributed by atoms with Crippen LogP contribution in [0.5, 0.6) is 5.75 Å². The van der Waals surface area contributed by atoms with Crippen molar-refractivity contribution in [3.63, 3.8) is 0 Å². The number of likely N-dealkylation sites (N-methyl/N-ethyl adjacent to an activating group) is 1. The number of ether oxygens (including phenoxy) is 1. The lowest BCUT2D eigenvalue weighted by atomic mass is 9.77. The first kappa shape index (κ1) is 30.4. The van der Waals surface area contributed by atoms with Gasteiger partial charge < -0.3 is 9.64 Å². The summed E-state index contributed by atoms with van der Waals surface area (Å²) in [6.45, 7) is 9.22. The number of carbonyl (C=O) groups is 1. The molecule has 0 aliphatic carbocycles. The second-order valence-corrected chi connectivity index (χ2v) is 12.1. The van der Waals surface area contributed by atoms with Crippen LogP contribution in [0.2, 0.25) is 10.0 Å². The van der Waals surface area contributed by atoms with E-state index in [0.717, 1.165) is 55.8 Å². The van der Waals surface area contributed by atoms with Gasteiger partial charge in [-0.25, -0.2) is 0 Å². The van der Waals surface area contributed by atoms with E-state index in [-0.39, 0.29) is 24.0 Å². The Hall–Kier alpha value is -2.53. The maximum absolute atomic E-state index is 13.8. The van der Waals surface area contributed by atoms with Crippen molar-refractivity contribution in [3.8, 4) is 5.75 Å². The third-order valence-corrected chi connectivity index (χ3v) is 8.79. The summed E-state index contributed by atoms with van der Waals surface area (Å²) in [5.41, 5.74) is 3.45. The van der Waals surface area contributed by atoms with Gasteiger partial charge in [0.15, 0.2) is 0 Å². The van der Waals surface area contributed by atoms with Crippen LogP contribution in [0.25, 0.3) is 0 Å². The molecule has 214 valence electrons. The molecule has 0 N–H and O–H groups in total. The van der Waals surface area contributed by atoms with Gasteiger partial charge in [0.1, 0.15) is 5.75 Å². The minimum Gasteiger partial charge on any atom is -0.491 e. The molecule has 6 heteroatoms. The zero-order valence-corrected chi connectivity index (χ0v) is 25.7. The SMILES string of the molecule is CCC(c1ccc(Cl)c(Cl)c1)C(C1CCN(Cc2ccccc2)CC1)N(C)C(=O)Cc1cccc(OC(C)C)c1. The van der Waals surface area contributed by atoms with E-state index >= 15 is 0 Å². The van der Waals surface area contributed by atoms with E-state index in [2.05, 4.69) is 48.2 Å². The summed E-state index contributed by atoms with van der Waals surface area (Å²) in [7, 11) is 1.98. The smallest absolute Gasteiger partial charge is 0.227 e. The Bertz CT molecular complexity index is 1240. The third kappa shape index (κ3) is 8.02. The van der Waals surface area contributed by atoms with Crippen molar-refractivity contribution >= 4 is 29.1 Å². The summed E-state index contributed by atoms with van der Waals surface area (Å²) in [6.07, 6.45) is 3.42. The lowest BCUT2D eigenvalue weighted by Gasteiger charge is -2.44. The third-order valence-electron chi connectivity index (χ3n) is 8.05. The Kier molecular flexibility index (Phi) is 10.9. The summed E-state index contributed by atoms with van der Waals surface area (Å²) < 4.78 is 5.87. The van der Waals surface area contributed by atoms with Crippen molar-refractivity contribution in [3.05, 3.63) is 99.5 Å². The number of rotatable bonds is 11. The summed E-state index contributed by atoms with van der Waals surface area (Å²) >= 11 is 12.7. The van der Waals surface area contributed by atoms with Crippen molar-refractivity contribution < 1.29 is 9.53 Å². The number of hydrogen-bond acceptors (Lipinski definition) is 3. The van der Waals surface area contributed by atoms with Crippen molar-refractivity contribution in [1.29, 1.82) is 0 Å². The fraction of sp³-hybridized carbons (Fsp3) is 0.441. The molecule has 1 aliphatic rings. The number of benzene rings is 3. The molecule has 0 bridgehead atoms. The molecular formula is C34H42Cl2N2O2. The number of piperidine rings is 1. The Balaban J connectivity index is 1.55. The first-order valence-corrected chi connectivity index (χ1v) is 15.2. The van der Waals surface area contributed by atoms with Gasteiger partial charge in [0.05, 0.1) is 22.6 Å². The molecule has 2 atom stereocenters. The highest BCUT2D eigenvalue weighted by Crippen LogP contribution is 2.38. The van der Waals surface area contributed by atoms with Gasteiger partial charge in [0.25, 0.3) is 0 Å². The second-order valence-electron chi connectivity index (χ2n) is 11.3. The predicted molar refractivity (Wildman–Crippen MR) is 166 cm³/mol. The highest BCUT2D eigenvalue weighted by Gasteiger charge is 2.37. The molecule has 0 radical (unpaired) electrons. The van der Waals surface area contributed by atoms with Gasteiger partial charge in [-0.05, 0) is 93.1 Å². The Morgan fingerprint density at radius 2 is 1.65 bits per heavy atom. The van der Waals surface area contributed by atoms with Gasteiger partial charge in [-0.3, -0.25) is 9.69 Å². The minimum atomic E-state index is 0.0590. The predicted octanol–water partition coefficient (Wildman–Crippen LogP) is 8.26. The quantitative estimate of drug-likeness (QED) is 0.229. The molecule has 1 fully saturated rings. The fourth-order valence-electron chi connectivity index (χ4n) is 6.09. The number of nitrogens with zero attached hydrogens (tertiary/aromatic N) is 2. The van der Waals surface area contributed by atoms with Crippen LogP contribution < -0.4 is 4.74 Å². The lowest BCUT2D eigenvalue weighted by molar-refractivity contribution is -0.133. The molecule has 4 rings (SSSR count). The zero-order valence-electron chi connectivity index (χ0n) is 24.2. The van der Waals surface area contributed by atoms with Gasteiger partial charge in [0, 0.05) is 25.6 Å². The van der Waals surface area contributed by atoms with Crippen LogP contribution >= 0.6 is 23.2 Å². The molecule has 3 aromatic rings. The van der Waals surface area contributed by atoms with E-state index in [0.29, 0.717) is 22.4 Å². The van der Waals surface area contributed by atoms with Gasteiger partial charge in [0.2, 0.25) is 5.91 Å². The molecule has 0 spiro atoms. The van der Waals surface area contributed by atoms with E-state index < -0.39 is 0 Å². The highest BCUT2D eigenvalue weighted by atomic mass is 35.5. The minimum absolute atomic E-state index is 0.0590. The van der Waals surface area contributed by atoms with Gasteiger partial charge >= 0.3 is 0 Å². The molecule has 1 heterocycles. The molecular weight excluding hydrogens is 539 g/mol. The summed E-state index contributed by atoms with van der Waals surface area (Å²) in [6, 6.07) is 24.6. The van der Waals surface area contributed by atoms with E-state index in [1.54, 1.807) is 0 Å². The van der Waals surface area contributed by atoms with Crippen LogP contribution in [0.3, 0.4) is 0 Å². The molecule has 3 aromatic carbocycles. The maximum Gasteiger partial charge on any atom is 0.227 e. The molecule has 40 heavy (non-hydrogen) atoms. The zero-order chi connectivity index (χ0) is 28.6. The average molecular weight is 582 g/mol. The lowest BCUT2D eigenvalue weighted by Crippen LogP contribution is -2.49. The monoisotopic (exact) mass is 580 g/mol. The van der Waals surface area contributed by atoms with Crippen LogP contribution in [0.15, 0.2) is 72.8 Å². The van der Waals surface area contributed by atoms with Crippen molar-refractivity contribution in [2.75, 3.05) is 20.1 Å². The number of amides is 1. The van der Waals surface area contributed by atoms with Crippen molar-refractivity contribution in [1.82, 2.24) is 9.80 Å². The van der Waals surface area contributed by atoms with E-state index in [1.165, 1.54) is 5.56 Å². The molecule has 1 saturated heterocycles. The Labute approximate surface area is 250 Å². The van der Waals surface area contributed by atoms with Gasteiger partial charge in [-0.15, -0.1) is 0 Å². The topological polar surface area (TPSA) is 32.8 Å². The molecule has 0 aromatic heterocycles. The van der Waals surface area contributed by atoms with Crippen molar-refractivity contribution in [2.24, 2.45) is 5.92 Å². The number of likely N-dealkylation sites (tertiary alicyclic amines) is 1. The molecule has 4 nitrogen and oxygen atoms in total. The molecule has 1 aliphatic heterocycles. The largest absolute Gasteiger partial charge is 0.491 e. The summed E-state index contributed by atoms with van der Waals surface area (Å²) in [4.78, 5) is 18.4. The summed E-state index contributed by atoms with van der Waals surface area (Å²) in [5, 5.41) is 1.11. The first-order chi connectivity index (χ1) is 19.2. The highest BCUT2D eigenvalue weighted by molar-refractivity contribution is 6.42. The van der Waals surface area contributed by atoms with E-state index in [9.17, 15) is 4.79 Å². The maximum atomic E-state index is 13.8. The molecule has 2 unspecified atom stereocenters. The van der Waals surface area contributed by atoms with E-state index in [1.807, 2.05) is 62.2 Å². The van der Waals surface area contributed by atoms with Crippen LogP contribution in [-0.2, 0) is 17.8 Å². The molecule has 1 amide bonds. The molecule has 0 saturated carbocycles. The van der Waals surface area contributed by atoms with Gasteiger partial charge in [-0.1, -0.05) is 78.7 Å². The normalized spacial score (nSPS) is 16.1. The number of hydrogen-bond donors (Lipinski definition) is 0. The average Bonchev–Trinajstić information content (AvgIpc) is 2.94. The van der Waals surface area contributed by atoms with Gasteiger partial charge in [-0.2, -0.15) is 0 Å². The van der Waals surface area contributed by atoms with Crippen LogP contribution in [0, 0.1) is 5.92 Å². The van der Waals surface area contributed by atoms with Crippen LogP contribution in [-0.4, -0.2) is 48.0 Å². The second kappa shape index (κ2) is 14.4. The Morgan fingerprint density at radius 1 is 0.950 bits per heavy atom. The number of carbonyl (C=O) groups excluding carboxylic acids is 1. The number of halogens is 2. The standard InChI is InChI=1S/C34H42Cl2N2O2/c1-5-30(28-14-15-31(35)32(36)22-28)34(27-16-18-38(19-17-27)23-25-10-7-6-8-11-25)37(4)33(39)21-26-12-9-13-29(20-26)40-24(2)3/h6-15,20,22,24,27,30,34H,5,16-19,21,23H2,1-4H3. The van der Waals surface area contributed by atoms with Crippen LogP contribution in [0.4, 0.5) is 0 Å².